The van der Waals surface area contributed by atoms with E-state index in [1.54, 1.807) is 0 Å². The summed E-state index contributed by atoms with van der Waals surface area (Å²) < 4.78 is 38.8. The minimum absolute atomic E-state index is 0.209. The van der Waals surface area contributed by atoms with E-state index in [0.29, 0.717) is 0 Å². The molecule has 0 aliphatic carbocycles. The third-order valence-corrected chi connectivity index (χ3v) is 2.99. The van der Waals surface area contributed by atoms with Gasteiger partial charge in [-0.1, -0.05) is 29.8 Å². The van der Waals surface area contributed by atoms with Crippen LogP contribution >= 0.6 is 11.6 Å². The number of hydrogen-bond acceptors (Lipinski definition) is 2. The van der Waals surface area contributed by atoms with Gasteiger partial charge in [0, 0.05) is 11.8 Å². The van der Waals surface area contributed by atoms with Crippen LogP contribution in [-0.4, -0.2) is 16.1 Å². The van der Waals surface area contributed by atoms with Crippen molar-refractivity contribution in [3.8, 4) is 11.3 Å². The van der Waals surface area contributed by atoms with Gasteiger partial charge in [0.2, 0.25) is 0 Å². The summed E-state index contributed by atoms with van der Waals surface area (Å²) >= 11 is 5.85. The van der Waals surface area contributed by atoms with Gasteiger partial charge in [0.25, 0.3) is 0 Å². The summed E-state index contributed by atoms with van der Waals surface area (Å²) in [6.45, 7) is 0. The van der Waals surface area contributed by atoms with E-state index in [9.17, 15) is 18.0 Å². The van der Waals surface area contributed by atoms with E-state index < -0.39 is 17.7 Å². The van der Waals surface area contributed by atoms with Crippen LogP contribution in [0.4, 0.5) is 13.2 Å². The van der Waals surface area contributed by atoms with Crippen molar-refractivity contribution in [2.24, 2.45) is 0 Å². The predicted molar refractivity (Wildman–Crippen MR) is 66.6 cm³/mol. The van der Waals surface area contributed by atoms with Crippen molar-refractivity contribution in [1.82, 2.24) is 4.98 Å². The van der Waals surface area contributed by atoms with E-state index in [0.717, 1.165) is 18.3 Å². The van der Waals surface area contributed by atoms with E-state index in [-0.39, 0.29) is 21.8 Å². The Kier molecular flexibility index (Phi) is 3.67. The molecule has 20 heavy (non-hydrogen) atoms. The second-order valence-electron chi connectivity index (χ2n) is 3.87. The Hall–Kier alpha value is -2.08. The van der Waals surface area contributed by atoms with Crippen molar-refractivity contribution in [3.63, 3.8) is 0 Å². The van der Waals surface area contributed by atoms with Crippen molar-refractivity contribution in [1.29, 1.82) is 0 Å². The zero-order valence-electron chi connectivity index (χ0n) is 9.78. The van der Waals surface area contributed by atoms with Crippen LogP contribution in [0.5, 0.6) is 0 Å². The minimum Gasteiger partial charge on any atom is -0.478 e. The van der Waals surface area contributed by atoms with Gasteiger partial charge in [0.15, 0.2) is 0 Å². The number of aromatic carboxylic acids is 1. The number of benzene rings is 1. The predicted octanol–water partition coefficient (Wildman–Crippen LogP) is 4.12. The summed E-state index contributed by atoms with van der Waals surface area (Å²) in [4.78, 5) is 14.7. The van der Waals surface area contributed by atoms with Gasteiger partial charge in [-0.05, 0) is 12.1 Å². The number of alkyl halides is 3. The van der Waals surface area contributed by atoms with Crippen LogP contribution < -0.4 is 0 Å². The summed E-state index contributed by atoms with van der Waals surface area (Å²) in [5.41, 5.74) is -1.68. The van der Waals surface area contributed by atoms with Crippen LogP contribution in [0, 0.1) is 0 Å². The van der Waals surface area contributed by atoms with Gasteiger partial charge in [-0.25, -0.2) is 4.79 Å². The summed E-state index contributed by atoms with van der Waals surface area (Å²) in [6, 6.07) is 5.85. The molecule has 0 spiro atoms. The van der Waals surface area contributed by atoms with E-state index in [4.69, 9.17) is 16.7 Å². The highest BCUT2D eigenvalue weighted by atomic mass is 35.5. The van der Waals surface area contributed by atoms with E-state index in [2.05, 4.69) is 4.98 Å². The smallest absolute Gasteiger partial charge is 0.417 e. The Morgan fingerprint density at radius 3 is 2.45 bits per heavy atom. The maximum atomic E-state index is 12.9. The maximum absolute atomic E-state index is 12.9. The fraction of sp³-hybridized carbons (Fsp3) is 0.0769. The van der Waals surface area contributed by atoms with Crippen LogP contribution in [0.15, 0.2) is 36.5 Å². The summed E-state index contributed by atoms with van der Waals surface area (Å²) in [5, 5.41) is 8.61. The SMILES string of the molecule is O=C(O)c1ccnc(-c2ccccc2C(F)(F)F)c1Cl. The Bertz CT molecular complexity index is 671. The molecule has 0 bridgehead atoms. The van der Waals surface area contributed by atoms with Crippen molar-refractivity contribution < 1.29 is 23.1 Å². The molecule has 0 saturated heterocycles. The van der Waals surface area contributed by atoms with Crippen LogP contribution in [0.3, 0.4) is 0 Å². The Morgan fingerprint density at radius 2 is 1.85 bits per heavy atom. The molecule has 0 fully saturated rings. The zero-order chi connectivity index (χ0) is 14.9. The Balaban J connectivity index is 2.70. The largest absolute Gasteiger partial charge is 0.478 e. The quantitative estimate of drug-likeness (QED) is 0.907. The first-order chi connectivity index (χ1) is 9.32. The number of hydrogen-bond donors (Lipinski definition) is 1. The molecule has 0 aliphatic heterocycles. The maximum Gasteiger partial charge on any atom is 0.417 e. The molecule has 2 aromatic rings. The van der Waals surface area contributed by atoms with Crippen molar-refractivity contribution >= 4 is 17.6 Å². The number of carboxylic acid groups (broad SMARTS) is 1. The molecule has 0 unspecified atom stereocenters. The highest BCUT2D eigenvalue weighted by Gasteiger charge is 2.34. The number of carbonyl (C=O) groups is 1. The zero-order valence-corrected chi connectivity index (χ0v) is 10.5. The minimum atomic E-state index is -4.58. The van der Waals surface area contributed by atoms with Crippen LogP contribution in [0.25, 0.3) is 11.3 Å². The number of pyridine rings is 1. The lowest BCUT2D eigenvalue weighted by Crippen LogP contribution is -2.08. The van der Waals surface area contributed by atoms with Crippen LogP contribution in [0.2, 0.25) is 5.02 Å². The lowest BCUT2D eigenvalue weighted by Gasteiger charge is -2.13. The number of nitrogens with zero attached hydrogens (tertiary/aromatic N) is 1. The Labute approximate surface area is 116 Å². The highest BCUT2D eigenvalue weighted by Crippen LogP contribution is 2.39. The van der Waals surface area contributed by atoms with Crippen LogP contribution in [0.1, 0.15) is 15.9 Å². The van der Waals surface area contributed by atoms with Gasteiger partial charge < -0.3 is 5.11 Å². The van der Waals surface area contributed by atoms with Gasteiger partial charge >= 0.3 is 12.1 Å². The lowest BCUT2D eigenvalue weighted by molar-refractivity contribution is -0.137. The average molecular weight is 302 g/mol. The lowest BCUT2D eigenvalue weighted by atomic mass is 10.0. The van der Waals surface area contributed by atoms with Gasteiger partial charge in [0.05, 0.1) is 21.8 Å². The second-order valence-corrected chi connectivity index (χ2v) is 4.25. The van der Waals surface area contributed by atoms with Crippen molar-refractivity contribution in [3.05, 3.63) is 52.7 Å². The number of carboxylic acids is 1. The highest BCUT2D eigenvalue weighted by molar-refractivity contribution is 6.35. The third-order valence-electron chi connectivity index (χ3n) is 2.61. The fourth-order valence-corrected chi connectivity index (χ4v) is 2.03. The normalized spacial score (nSPS) is 11.4. The summed E-state index contributed by atoms with van der Waals surface area (Å²) in [6.07, 6.45) is -3.47. The third kappa shape index (κ3) is 2.60. The molecule has 3 nitrogen and oxygen atoms in total. The molecule has 0 saturated carbocycles. The molecule has 1 heterocycles. The average Bonchev–Trinajstić information content (AvgIpc) is 2.37. The first-order valence-corrected chi connectivity index (χ1v) is 5.74. The molecule has 1 N–H and O–H groups in total. The number of halogens is 4. The second kappa shape index (κ2) is 5.13. The first-order valence-electron chi connectivity index (χ1n) is 5.36. The van der Waals surface area contributed by atoms with Crippen molar-refractivity contribution in [2.75, 3.05) is 0 Å². The van der Waals surface area contributed by atoms with Gasteiger partial charge in [-0.2, -0.15) is 13.2 Å². The number of rotatable bonds is 2. The van der Waals surface area contributed by atoms with Gasteiger partial charge in [-0.15, -0.1) is 0 Å². The molecule has 2 rings (SSSR count). The molecule has 1 aromatic carbocycles. The number of aromatic nitrogens is 1. The molecule has 0 radical (unpaired) electrons. The molecule has 1 aromatic heterocycles. The van der Waals surface area contributed by atoms with E-state index in [1.807, 2.05) is 0 Å². The first kappa shape index (κ1) is 14.3. The molecule has 0 atom stereocenters. The Morgan fingerprint density at radius 1 is 1.20 bits per heavy atom. The van der Waals surface area contributed by atoms with Crippen molar-refractivity contribution in [2.45, 2.75) is 6.18 Å². The van der Waals surface area contributed by atoms with Gasteiger partial charge in [-0.3, -0.25) is 4.98 Å². The summed E-state index contributed by atoms with van der Waals surface area (Å²) in [7, 11) is 0. The molecular weight excluding hydrogens is 295 g/mol. The standard InChI is InChI=1S/C13H7ClF3NO2/c14-10-8(12(19)20)5-6-18-11(10)7-3-1-2-4-9(7)13(15,16)17/h1-6H,(H,19,20). The van der Waals surface area contributed by atoms with Crippen LogP contribution in [-0.2, 0) is 6.18 Å². The van der Waals surface area contributed by atoms with E-state index >= 15 is 0 Å². The van der Waals surface area contributed by atoms with E-state index in [1.165, 1.54) is 18.2 Å². The molecule has 0 aliphatic rings. The fourth-order valence-electron chi connectivity index (χ4n) is 1.73. The van der Waals surface area contributed by atoms with Gasteiger partial charge in [0.1, 0.15) is 0 Å². The molecular formula is C13H7ClF3NO2. The topological polar surface area (TPSA) is 50.2 Å². The molecule has 7 heteroatoms. The monoisotopic (exact) mass is 301 g/mol. The molecule has 0 amide bonds. The molecule has 104 valence electrons. The summed E-state index contributed by atoms with van der Waals surface area (Å²) in [5.74, 6) is -1.33.